The lowest BCUT2D eigenvalue weighted by Crippen LogP contribution is -2.26. The summed E-state index contributed by atoms with van der Waals surface area (Å²) in [6.07, 6.45) is 0.877. The molecule has 0 heterocycles. The van der Waals surface area contributed by atoms with Crippen LogP contribution in [0.15, 0.2) is 291 Å². The highest BCUT2D eigenvalue weighted by atomic mass is 19.1. The fourth-order valence-corrected chi connectivity index (χ4v) is 13.5. The summed E-state index contributed by atoms with van der Waals surface area (Å²) in [5.41, 5.74) is 24.9. The van der Waals surface area contributed by atoms with Crippen LogP contribution in [0.4, 0.5) is 21.5 Å². The number of allylic oxidation sites excluding steroid dienone is 1. The third-order valence-corrected chi connectivity index (χ3v) is 17.6. The monoisotopic (exact) mass is 1040 g/mol. The van der Waals surface area contributed by atoms with Gasteiger partial charge in [-0.25, -0.2) is 4.39 Å². The lowest BCUT2D eigenvalue weighted by atomic mass is 9.72. The third-order valence-electron chi connectivity index (χ3n) is 17.6. The van der Waals surface area contributed by atoms with Crippen LogP contribution >= 0.6 is 0 Å². The topological polar surface area (TPSA) is 3.24 Å². The van der Waals surface area contributed by atoms with Crippen molar-refractivity contribution in [3.05, 3.63) is 353 Å². The van der Waals surface area contributed by atoms with E-state index >= 15 is 0 Å². The van der Waals surface area contributed by atoms with E-state index in [2.05, 4.69) is 293 Å². The van der Waals surface area contributed by atoms with E-state index in [0.717, 1.165) is 29.0 Å². The number of hydrogen-bond acceptors (Lipinski definition) is 1. The summed E-state index contributed by atoms with van der Waals surface area (Å²) in [5, 5.41) is 2.36. The Hall–Kier alpha value is -9.63. The molecule has 388 valence electrons. The molecule has 2 aliphatic carbocycles. The maximum Gasteiger partial charge on any atom is 0.123 e. The minimum atomic E-state index is -0.312. The van der Waals surface area contributed by atoms with Crippen LogP contribution < -0.4 is 4.90 Å². The van der Waals surface area contributed by atoms with E-state index < -0.39 is 0 Å². The average Bonchev–Trinajstić information content (AvgIpc) is 3.88. The molecule has 0 bridgehead atoms. The Bertz CT molecular complexity index is 4300. The number of anilines is 3. The van der Waals surface area contributed by atoms with Crippen LogP contribution in [0, 0.1) is 5.82 Å². The van der Waals surface area contributed by atoms with Crippen molar-refractivity contribution in [3.63, 3.8) is 0 Å². The second kappa shape index (κ2) is 20.2. The van der Waals surface area contributed by atoms with E-state index in [9.17, 15) is 4.39 Å². The molecule has 0 saturated heterocycles. The number of nitrogens with zero attached hydrogens (tertiary/aromatic N) is 1. The van der Waals surface area contributed by atoms with Crippen LogP contribution in [-0.4, -0.2) is 0 Å². The largest absolute Gasteiger partial charge is 0.310 e. The highest BCUT2D eigenvalue weighted by Gasteiger charge is 2.41. The summed E-state index contributed by atoms with van der Waals surface area (Å²) in [5.74, 6) is -0.316. The van der Waals surface area contributed by atoms with Crippen molar-refractivity contribution in [2.75, 3.05) is 4.90 Å². The number of hydrogen-bond donors (Lipinski definition) is 0. The first-order valence-corrected chi connectivity index (χ1v) is 28.3. The van der Waals surface area contributed by atoms with E-state index in [4.69, 9.17) is 0 Å². The molecular formula is C79H60FN. The normalized spacial score (nSPS) is 14.7. The molecule has 2 unspecified atom stereocenters. The van der Waals surface area contributed by atoms with Gasteiger partial charge in [0.1, 0.15) is 5.82 Å². The van der Waals surface area contributed by atoms with Crippen molar-refractivity contribution < 1.29 is 4.39 Å². The molecule has 2 aliphatic rings. The van der Waals surface area contributed by atoms with Crippen molar-refractivity contribution in [2.45, 2.75) is 43.9 Å². The Labute approximate surface area is 475 Å². The van der Waals surface area contributed by atoms with Crippen molar-refractivity contribution in [1.29, 1.82) is 0 Å². The van der Waals surface area contributed by atoms with Gasteiger partial charge in [-0.15, -0.1) is 0 Å². The zero-order valence-electron chi connectivity index (χ0n) is 45.8. The summed E-state index contributed by atoms with van der Waals surface area (Å²) in [6.45, 7) is 7.15. The highest BCUT2D eigenvalue weighted by molar-refractivity contribution is 6.09. The first-order valence-electron chi connectivity index (χ1n) is 28.3. The molecule has 0 aromatic heterocycles. The number of halogens is 1. The van der Waals surface area contributed by atoms with E-state index in [1.165, 1.54) is 105 Å². The zero-order chi connectivity index (χ0) is 54.7. The minimum Gasteiger partial charge on any atom is -0.310 e. The van der Waals surface area contributed by atoms with E-state index in [0.29, 0.717) is 0 Å². The van der Waals surface area contributed by atoms with Crippen LogP contribution in [-0.2, 0) is 17.3 Å². The lowest BCUT2D eigenvalue weighted by Gasteiger charge is -2.33. The Morgan fingerprint density at radius 3 is 1.57 bits per heavy atom. The number of benzene rings is 12. The van der Waals surface area contributed by atoms with E-state index in [-0.39, 0.29) is 22.6 Å². The fraction of sp³-hybridized carbons (Fsp3) is 0.0886. The van der Waals surface area contributed by atoms with Gasteiger partial charge in [-0.1, -0.05) is 257 Å². The van der Waals surface area contributed by atoms with Crippen LogP contribution in [0.5, 0.6) is 0 Å². The molecule has 0 radical (unpaired) electrons. The molecule has 0 N–H and O–H groups in total. The first-order chi connectivity index (χ1) is 39.7. The average molecular weight is 1040 g/mol. The molecule has 0 saturated carbocycles. The molecule has 2 heteroatoms. The van der Waals surface area contributed by atoms with Crippen molar-refractivity contribution >= 4 is 39.0 Å². The van der Waals surface area contributed by atoms with Gasteiger partial charge in [0.15, 0.2) is 0 Å². The van der Waals surface area contributed by atoms with Crippen LogP contribution in [0.3, 0.4) is 0 Å². The van der Waals surface area contributed by atoms with Gasteiger partial charge in [-0.05, 0) is 167 Å². The predicted octanol–water partition coefficient (Wildman–Crippen LogP) is 20.7. The molecule has 0 fully saturated rings. The fourth-order valence-electron chi connectivity index (χ4n) is 13.5. The van der Waals surface area contributed by atoms with Gasteiger partial charge < -0.3 is 4.90 Å². The van der Waals surface area contributed by atoms with E-state index in [1.54, 1.807) is 12.1 Å². The van der Waals surface area contributed by atoms with Gasteiger partial charge in [-0.3, -0.25) is 0 Å². The summed E-state index contributed by atoms with van der Waals surface area (Å²) in [6, 6.07) is 105. The summed E-state index contributed by atoms with van der Waals surface area (Å²) in [4.78, 5) is 2.43. The molecule has 12 aromatic carbocycles. The molecule has 0 amide bonds. The predicted molar refractivity (Wildman–Crippen MR) is 337 cm³/mol. The molecule has 14 rings (SSSR count). The summed E-state index contributed by atoms with van der Waals surface area (Å²) < 4.78 is 14.7. The Morgan fingerprint density at radius 2 is 0.914 bits per heavy atom. The third kappa shape index (κ3) is 8.71. The molecule has 1 nitrogen and oxygen atoms in total. The molecule has 0 aliphatic heterocycles. The second-order valence-electron chi connectivity index (χ2n) is 22.7. The van der Waals surface area contributed by atoms with Gasteiger partial charge >= 0.3 is 0 Å². The van der Waals surface area contributed by atoms with Gasteiger partial charge in [0, 0.05) is 33.5 Å². The Kier molecular flexibility index (Phi) is 12.4. The summed E-state index contributed by atoms with van der Waals surface area (Å²) >= 11 is 0. The standard InChI is InChI=1S/C79H60FN/c1-78(2)72-49-59(37-46-67(72)69-50-70-71(51-73(69)78)76(58-33-40-62(80)41-34-58)77(57-27-15-7-16-28-57)75(70)56-25-13-6-14-26-56)65-47-48-74(68-32-20-19-31-66(65)68)81(63-42-35-55(36-43-63)54-23-11-5-12-24-54)64-44-38-61(39-45-64)79(3,60-29-17-8-18-30-60)52-53-21-9-4-10-22-53/h4-51,76H,52H2,1-3H3. The lowest BCUT2D eigenvalue weighted by molar-refractivity contribution is 0.567. The SMILES string of the molecule is CC1(C)c2cc(-c3ccc(N(c4ccc(-c5ccccc5)cc4)c4ccc(C(C)(Cc5ccccc5)c5ccccc5)cc4)c4ccccc34)ccc2-c2cc3c(cc21)C(c1ccc(F)cc1)C(c1ccccc1)=C3c1ccccc1. The van der Waals surface area contributed by atoms with Gasteiger partial charge in [0.25, 0.3) is 0 Å². The van der Waals surface area contributed by atoms with Gasteiger partial charge in [0.2, 0.25) is 0 Å². The maximum absolute atomic E-state index is 14.7. The first kappa shape index (κ1) is 49.6. The maximum atomic E-state index is 14.7. The van der Waals surface area contributed by atoms with Gasteiger partial charge in [0.05, 0.1) is 5.69 Å². The van der Waals surface area contributed by atoms with Crippen LogP contribution in [0.25, 0.3) is 55.3 Å². The van der Waals surface area contributed by atoms with Crippen molar-refractivity contribution in [1.82, 2.24) is 0 Å². The quantitative estimate of drug-likeness (QED) is 0.118. The summed E-state index contributed by atoms with van der Waals surface area (Å²) in [7, 11) is 0. The molecular weight excluding hydrogens is 982 g/mol. The highest BCUT2D eigenvalue weighted by Crippen LogP contribution is 2.58. The van der Waals surface area contributed by atoms with Crippen LogP contribution in [0.2, 0.25) is 0 Å². The smallest absolute Gasteiger partial charge is 0.123 e. The van der Waals surface area contributed by atoms with Gasteiger partial charge in [-0.2, -0.15) is 0 Å². The molecule has 12 aromatic rings. The number of fused-ring (bicyclic) bond motifs is 5. The van der Waals surface area contributed by atoms with Crippen molar-refractivity contribution in [2.24, 2.45) is 0 Å². The minimum absolute atomic E-state index is 0.0862. The van der Waals surface area contributed by atoms with Crippen LogP contribution in [0.1, 0.15) is 82.3 Å². The molecule has 81 heavy (non-hydrogen) atoms. The Balaban J connectivity index is 0.885. The van der Waals surface area contributed by atoms with E-state index in [1.807, 2.05) is 12.1 Å². The molecule has 2 atom stereocenters. The Morgan fingerprint density at radius 1 is 0.407 bits per heavy atom. The second-order valence-corrected chi connectivity index (χ2v) is 22.7. The number of rotatable bonds is 12. The van der Waals surface area contributed by atoms with Crippen molar-refractivity contribution in [3.8, 4) is 33.4 Å². The molecule has 0 spiro atoms. The zero-order valence-corrected chi connectivity index (χ0v) is 45.8.